The van der Waals surface area contributed by atoms with Crippen LogP contribution in [0.1, 0.15) is 33.4 Å². The normalized spacial score (nSPS) is 21.6. The third-order valence-electron chi connectivity index (χ3n) is 4.90. The highest BCUT2D eigenvalue weighted by molar-refractivity contribution is 5.87. The zero-order valence-electron chi connectivity index (χ0n) is 17.2. The van der Waals surface area contributed by atoms with E-state index in [0.29, 0.717) is 0 Å². The van der Waals surface area contributed by atoms with Gasteiger partial charge >= 0.3 is 11.7 Å². The number of hydrogen-bond donors (Lipinski definition) is 2. The van der Waals surface area contributed by atoms with E-state index >= 15 is 0 Å². The summed E-state index contributed by atoms with van der Waals surface area (Å²) in [5.41, 5.74) is -1.69. The number of nitrogens with zero attached hydrogens (tertiary/aromatic N) is 3. The molecule has 2 aromatic heterocycles. The molecule has 0 aliphatic carbocycles. The third kappa shape index (κ3) is 4.22. The summed E-state index contributed by atoms with van der Waals surface area (Å²) in [6.45, 7) is 3.14. The van der Waals surface area contributed by atoms with E-state index in [2.05, 4.69) is 21.2 Å². The average molecular weight is 435 g/mol. The summed E-state index contributed by atoms with van der Waals surface area (Å²) in [6, 6.07) is 0. The highest BCUT2D eigenvalue weighted by Crippen LogP contribution is 2.35. The van der Waals surface area contributed by atoms with Crippen molar-refractivity contribution < 1.29 is 23.5 Å². The van der Waals surface area contributed by atoms with E-state index in [1.165, 1.54) is 13.8 Å². The van der Waals surface area contributed by atoms with Gasteiger partial charge in [-0.05, 0) is 0 Å². The summed E-state index contributed by atoms with van der Waals surface area (Å²) < 4.78 is 26.5. The Morgan fingerprint density at radius 3 is 2.74 bits per heavy atom. The van der Waals surface area contributed by atoms with Crippen LogP contribution in [0.15, 0.2) is 9.59 Å². The van der Waals surface area contributed by atoms with Gasteiger partial charge in [-0.3, -0.25) is 33.6 Å². The summed E-state index contributed by atoms with van der Waals surface area (Å²) in [5.74, 6) is 0.479. The van der Waals surface area contributed by atoms with E-state index in [1.54, 1.807) is 6.92 Å². The second-order valence-electron chi connectivity index (χ2n) is 7.29. The maximum Gasteiger partial charge on any atom is 0.333 e. The molecule has 1 amide bonds. The van der Waals surface area contributed by atoms with Crippen LogP contribution in [-0.4, -0.2) is 49.9 Å². The number of carbonyl (C=O) groups excluding carboxylic acids is 2. The molecule has 2 aromatic rings. The summed E-state index contributed by atoms with van der Waals surface area (Å²) in [4.78, 5) is 55.4. The maximum absolute atomic E-state index is 13.2. The summed E-state index contributed by atoms with van der Waals surface area (Å²) >= 11 is 0. The van der Waals surface area contributed by atoms with Crippen LogP contribution < -0.4 is 16.6 Å². The number of anilines is 1. The van der Waals surface area contributed by atoms with Gasteiger partial charge in [-0.15, -0.1) is 6.42 Å². The fourth-order valence-electron chi connectivity index (χ4n) is 3.56. The molecule has 0 bridgehead atoms. The molecule has 0 radical (unpaired) electrons. The van der Waals surface area contributed by atoms with Gasteiger partial charge in [-0.25, -0.2) is 9.36 Å². The number of imidazole rings is 1. The lowest BCUT2D eigenvalue weighted by molar-refractivity contribution is -0.152. The Labute approximate surface area is 175 Å². The molecular formula is C19H22FN5O6. The minimum Gasteiger partial charge on any atom is -0.458 e. The molecule has 11 nitrogen and oxygen atoms in total. The number of carbonyl (C=O) groups is 2. The fourth-order valence-corrected chi connectivity index (χ4v) is 3.56. The lowest BCUT2D eigenvalue weighted by Gasteiger charge is -2.20. The van der Waals surface area contributed by atoms with Gasteiger partial charge in [0, 0.05) is 26.2 Å². The Kier molecular flexibility index (Phi) is 6.26. The number of alkyl halides is 1. The number of esters is 1. The predicted octanol–water partition coefficient (Wildman–Crippen LogP) is 0.303. The van der Waals surface area contributed by atoms with Gasteiger partial charge in [0.05, 0.1) is 19.3 Å². The van der Waals surface area contributed by atoms with E-state index < -0.39 is 54.2 Å². The molecule has 1 aliphatic heterocycles. The zero-order valence-corrected chi connectivity index (χ0v) is 17.2. The fraction of sp³-hybridized carbons (Fsp3) is 0.526. The quantitative estimate of drug-likeness (QED) is 0.492. The first kappa shape index (κ1) is 22.2. The van der Waals surface area contributed by atoms with Gasteiger partial charge in [-0.2, -0.15) is 4.98 Å². The van der Waals surface area contributed by atoms with Crippen LogP contribution in [0.4, 0.5) is 10.3 Å². The molecule has 0 unspecified atom stereocenters. The van der Waals surface area contributed by atoms with Crippen LogP contribution in [0, 0.1) is 18.3 Å². The summed E-state index contributed by atoms with van der Waals surface area (Å²) in [7, 11) is 0. The summed E-state index contributed by atoms with van der Waals surface area (Å²) in [6.07, 6.45) is 2.75. The summed E-state index contributed by atoms with van der Waals surface area (Å²) in [5, 5.41) is 2.35. The second-order valence-corrected chi connectivity index (χ2v) is 7.29. The van der Waals surface area contributed by atoms with Gasteiger partial charge in [0.1, 0.15) is 6.10 Å². The smallest absolute Gasteiger partial charge is 0.333 e. The van der Waals surface area contributed by atoms with Crippen LogP contribution >= 0.6 is 0 Å². The Balaban J connectivity index is 2.24. The first-order chi connectivity index (χ1) is 14.7. The van der Waals surface area contributed by atoms with Crippen LogP contribution in [0.3, 0.4) is 0 Å². The number of terminal acetylenes is 1. The molecule has 0 spiro atoms. The van der Waals surface area contributed by atoms with E-state index in [4.69, 9.17) is 15.9 Å². The Hall–Kier alpha value is -3.46. The standard InChI is InChI=1S/C19H22FN5O6/c1-5-6-24-14-15(22-18(21-10(3)26)23-16(14)28)25(19(24)29)17-13(30-11(4)27)7-12(31-17)9(2)8-20/h1,9,12-13,17H,6-8H2,2-4H3,(H2,21,22,23,26,28)/t9-,12-,13+,17+/m0/s1. The van der Waals surface area contributed by atoms with Crippen molar-refractivity contribution in [2.45, 2.75) is 52.2 Å². The second kappa shape index (κ2) is 8.73. The van der Waals surface area contributed by atoms with Crippen LogP contribution in [0.25, 0.3) is 11.2 Å². The lowest BCUT2D eigenvalue weighted by Crippen LogP contribution is -2.33. The van der Waals surface area contributed by atoms with Crippen molar-refractivity contribution in [2.75, 3.05) is 12.0 Å². The van der Waals surface area contributed by atoms with E-state index in [9.17, 15) is 23.6 Å². The molecule has 3 rings (SSSR count). The average Bonchev–Trinajstić information content (AvgIpc) is 3.19. The molecular weight excluding hydrogens is 413 g/mol. The molecule has 0 aromatic carbocycles. The van der Waals surface area contributed by atoms with Crippen LogP contribution in [0.2, 0.25) is 0 Å². The van der Waals surface area contributed by atoms with Crippen molar-refractivity contribution in [3.8, 4) is 12.3 Å². The number of H-pyrrole nitrogens is 1. The molecule has 4 atom stereocenters. The molecule has 12 heteroatoms. The Morgan fingerprint density at radius 1 is 1.45 bits per heavy atom. The number of fused-ring (bicyclic) bond motifs is 1. The molecule has 1 fully saturated rings. The molecule has 31 heavy (non-hydrogen) atoms. The molecule has 2 N–H and O–H groups in total. The van der Waals surface area contributed by atoms with Gasteiger partial charge < -0.3 is 9.47 Å². The van der Waals surface area contributed by atoms with E-state index in [1.807, 2.05) is 0 Å². The maximum atomic E-state index is 13.2. The minimum absolute atomic E-state index is 0.122. The Bertz CT molecular complexity index is 1180. The number of halogens is 1. The number of aromatic nitrogens is 4. The SMILES string of the molecule is C#CCn1c(=O)n([C@@H]2O[C@H]([C@@H](C)CF)C[C@H]2OC(C)=O)c2nc(NC(C)=O)[nH]c(=O)c21. The number of hydrogen-bond acceptors (Lipinski definition) is 7. The van der Waals surface area contributed by atoms with Crippen molar-refractivity contribution in [1.82, 2.24) is 19.1 Å². The first-order valence-electron chi connectivity index (χ1n) is 9.52. The topological polar surface area (TPSA) is 137 Å². The van der Waals surface area contributed by atoms with Gasteiger partial charge in [0.15, 0.2) is 17.4 Å². The number of rotatable bonds is 6. The van der Waals surface area contributed by atoms with Gasteiger partial charge in [0.2, 0.25) is 11.9 Å². The zero-order chi connectivity index (χ0) is 22.9. The molecule has 0 saturated carbocycles. The van der Waals surface area contributed by atoms with Crippen LogP contribution in [-0.2, 0) is 25.6 Å². The van der Waals surface area contributed by atoms with Crippen molar-refractivity contribution in [3.05, 3.63) is 20.8 Å². The molecule has 1 saturated heterocycles. The highest BCUT2D eigenvalue weighted by Gasteiger charge is 2.43. The highest BCUT2D eigenvalue weighted by atomic mass is 19.1. The number of aromatic amines is 1. The van der Waals surface area contributed by atoms with Crippen molar-refractivity contribution in [1.29, 1.82) is 0 Å². The van der Waals surface area contributed by atoms with Crippen molar-refractivity contribution >= 4 is 29.0 Å². The van der Waals surface area contributed by atoms with E-state index in [-0.39, 0.29) is 30.1 Å². The number of ether oxygens (including phenoxy) is 2. The van der Waals surface area contributed by atoms with Crippen molar-refractivity contribution in [3.63, 3.8) is 0 Å². The molecule has 1 aliphatic rings. The Morgan fingerprint density at radius 2 is 2.16 bits per heavy atom. The minimum atomic E-state index is -1.17. The third-order valence-corrected chi connectivity index (χ3v) is 4.90. The first-order valence-corrected chi connectivity index (χ1v) is 9.52. The lowest BCUT2D eigenvalue weighted by atomic mass is 10.0. The number of nitrogens with one attached hydrogen (secondary N) is 2. The predicted molar refractivity (Wildman–Crippen MR) is 107 cm³/mol. The van der Waals surface area contributed by atoms with Gasteiger partial charge in [-0.1, -0.05) is 12.8 Å². The van der Waals surface area contributed by atoms with Crippen molar-refractivity contribution in [2.24, 2.45) is 5.92 Å². The van der Waals surface area contributed by atoms with E-state index in [0.717, 1.165) is 9.13 Å². The number of amides is 1. The van der Waals surface area contributed by atoms with Crippen LogP contribution in [0.5, 0.6) is 0 Å². The van der Waals surface area contributed by atoms with Gasteiger partial charge in [0.25, 0.3) is 5.56 Å². The molecule has 3 heterocycles. The largest absolute Gasteiger partial charge is 0.458 e. The monoisotopic (exact) mass is 435 g/mol. The molecule has 166 valence electrons.